The second kappa shape index (κ2) is 7.20. The molecule has 0 spiro atoms. The fourth-order valence-electron chi connectivity index (χ4n) is 3.12. The van der Waals surface area contributed by atoms with Crippen LogP contribution >= 0.6 is 0 Å². The van der Waals surface area contributed by atoms with Crippen molar-refractivity contribution in [1.29, 1.82) is 0 Å². The van der Waals surface area contributed by atoms with Crippen LogP contribution in [0.2, 0.25) is 0 Å². The van der Waals surface area contributed by atoms with E-state index in [4.69, 9.17) is 15.6 Å². The van der Waals surface area contributed by atoms with Crippen LogP contribution in [-0.4, -0.2) is 18.7 Å². The lowest BCUT2D eigenvalue weighted by Gasteiger charge is -2.14. The Bertz CT molecular complexity index is 886. The molecule has 1 aliphatic rings. The molecule has 1 aliphatic heterocycles. The first-order chi connectivity index (χ1) is 12.5. The summed E-state index contributed by atoms with van der Waals surface area (Å²) in [6, 6.07) is 5.45. The molecule has 6 nitrogen and oxygen atoms in total. The number of fused-ring (bicyclic) bond motifs is 1. The van der Waals surface area contributed by atoms with Crippen molar-refractivity contribution in [2.45, 2.75) is 51.2 Å². The SMILES string of the molecule is C#CCCC1(CCC(=O)NC(C)c2oc3ccc(OC)cc3c2C)N=N1. The number of rotatable bonds is 8. The predicted octanol–water partition coefficient (Wildman–Crippen LogP) is 4.28. The van der Waals surface area contributed by atoms with Gasteiger partial charge in [0, 0.05) is 36.6 Å². The van der Waals surface area contributed by atoms with Crippen LogP contribution in [0.25, 0.3) is 11.0 Å². The van der Waals surface area contributed by atoms with E-state index < -0.39 is 5.66 Å². The number of methoxy groups -OCH3 is 1. The lowest BCUT2D eigenvalue weighted by Crippen LogP contribution is -2.28. The first kappa shape index (κ1) is 18.0. The molecular weight excluding hydrogens is 330 g/mol. The maximum atomic E-state index is 12.3. The van der Waals surface area contributed by atoms with Crippen LogP contribution in [-0.2, 0) is 4.79 Å². The molecule has 26 heavy (non-hydrogen) atoms. The average molecular weight is 353 g/mol. The number of carbonyl (C=O) groups is 1. The Labute approximate surface area is 153 Å². The van der Waals surface area contributed by atoms with E-state index in [0.29, 0.717) is 25.7 Å². The van der Waals surface area contributed by atoms with Gasteiger partial charge in [0.25, 0.3) is 0 Å². The molecule has 0 fully saturated rings. The number of ether oxygens (including phenoxy) is 1. The van der Waals surface area contributed by atoms with Crippen molar-refractivity contribution in [3.8, 4) is 18.1 Å². The standard InChI is InChI=1S/C20H23N3O3/c1-5-6-10-20(22-23-20)11-9-18(24)21-14(3)19-13(2)16-12-15(25-4)7-8-17(16)26-19/h1,7-8,12,14H,6,9-11H2,2-4H3,(H,21,24). The lowest BCUT2D eigenvalue weighted by molar-refractivity contribution is -0.122. The Kier molecular flexibility index (Phi) is 4.99. The molecule has 1 N–H and O–H groups in total. The fourth-order valence-corrected chi connectivity index (χ4v) is 3.12. The molecule has 1 unspecified atom stereocenters. The molecule has 2 aromatic rings. The van der Waals surface area contributed by atoms with Gasteiger partial charge in [-0.1, -0.05) is 0 Å². The van der Waals surface area contributed by atoms with E-state index in [1.165, 1.54) is 0 Å². The van der Waals surface area contributed by atoms with Gasteiger partial charge in [0.2, 0.25) is 5.91 Å². The number of carbonyl (C=O) groups excluding carboxylic acids is 1. The summed E-state index contributed by atoms with van der Waals surface area (Å²) in [6.45, 7) is 3.90. The monoisotopic (exact) mass is 353 g/mol. The van der Waals surface area contributed by atoms with Crippen molar-refractivity contribution < 1.29 is 13.9 Å². The molecule has 0 bridgehead atoms. The minimum atomic E-state index is -0.432. The van der Waals surface area contributed by atoms with Crippen molar-refractivity contribution in [3.63, 3.8) is 0 Å². The summed E-state index contributed by atoms with van der Waals surface area (Å²) in [5.74, 6) is 4.07. The molecule has 0 saturated heterocycles. The van der Waals surface area contributed by atoms with Gasteiger partial charge < -0.3 is 14.5 Å². The van der Waals surface area contributed by atoms with Gasteiger partial charge in [-0.3, -0.25) is 4.79 Å². The van der Waals surface area contributed by atoms with E-state index in [1.807, 2.05) is 32.0 Å². The van der Waals surface area contributed by atoms with Crippen LogP contribution in [0.15, 0.2) is 32.8 Å². The summed E-state index contributed by atoms with van der Waals surface area (Å²) in [6.07, 6.45) is 7.55. The molecule has 1 atom stereocenters. The number of furan rings is 1. The zero-order valence-electron chi connectivity index (χ0n) is 15.3. The third kappa shape index (κ3) is 3.72. The molecular formula is C20H23N3O3. The van der Waals surface area contributed by atoms with Gasteiger partial charge in [-0.15, -0.1) is 12.3 Å². The summed E-state index contributed by atoms with van der Waals surface area (Å²) in [7, 11) is 1.63. The third-order valence-corrected chi connectivity index (χ3v) is 4.76. The van der Waals surface area contributed by atoms with Crippen molar-refractivity contribution in [2.75, 3.05) is 7.11 Å². The average Bonchev–Trinajstić information content (AvgIpc) is 3.34. The number of aryl methyl sites for hydroxylation is 1. The van der Waals surface area contributed by atoms with Gasteiger partial charge in [-0.25, -0.2) is 0 Å². The lowest BCUT2D eigenvalue weighted by atomic mass is 10.0. The molecule has 1 aromatic heterocycles. The number of amides is 1. The van der Waals surface area contributed by atoms with E-state index in [1.54, 1.807) is 7.11 Å². The maximum absolute atomic E-state index is 12.3. The number of terminal acetylenes is 1. The van der Waals surface area contributed by atoms with Crippen molar-refractivity contribution in [3.05, 3.63) is 29.5 Å². The summed E-state index contributed by atoms with van der Waals surface area (Å²) in [4.78, 5) is 12.3. The van der Waals surface area contributed by atoms with Crippen LogP contribution in [0.5, 0.6) is 5.75 Å². The number of hydrogen-bond acceptors (Lipinski definition) is 5. The first-order valence-electron chi connectivity index (χ1n) is 8.72. The number of benzene rings is 1. The third-order valence-electron chi connectivity index (χ3n) is 4.76. The second-order valence-corrected chi connectivity index (χ2v) is 6.63. The normalized spacial score (nSPS) is 15.5. The fraction of sp³-hybridized carbons (Fsp3) is 0.450. The second-order valence-electron chi connectivity index (χ2n) is 6.63. The topological polar surface area (TPSA) is 76.2 Å². The van der Waals surface area contributed by atoms with Gasteiger partial charge in [-0.05, 0) is 32.0 Å². The van der Waals surface area contributed by atoms with Crippen molar-refractivity contribution in [1.82, 2.24) is 5.32 Å². The molecule has 0 saturated carbocycles. The molecule has 6 heteroatoms. The van der Waals surface area contributed by atoms with E-state index >= 15 is 0 Å². The molecule has 1 amide bonds. The highest BCUT2D eigenvalue weighted by Crippen LogP contribution is 2.37. The molecule has 3 rings (SSSR count). The van der Waals surface area contributed by atoms with Crippen LogP contribution in [0, 0.1) is 19.3 Å². The summed E-state index contributed by atoms with van der Waals surface area (Å²) in [5.41, 5.74) is 1.35. The van der Waals surface area contributed by atoms with E-state index in [9.17, 15) is 4.79 Å². The minimum Gasteiger partial charge on any atom is -0.497 e. The smallest absolute Gasteiger partial charge is 0.220 e. The maximum Gasteiger partial charge on any atom is 0.220 e. The van der Waals surface area contributed by atoms with Crippen molar-refractivity contribution >= 4 is 16.9 Å². The Morgan fingerprint density at radius 1 is 1.42 bits per heavy atom. The largest absolute Gasteiger partial charge is 0.497 e. The molecule has 2 heterocycles. The Balaban J connectivity index is 1.62. The highest BCUT2D eigenvalue weighted by atomic mass is 16.5. The summed E-state index contributed by atoms with van der Waals surface area (Å²) < 4.78 is 11.2. The number of hydrogen-bond donors (Lipinski definition) is 1. The quantitative estimate of drug-likeness (QED) is 0.720. The van der Waals surface area contributed by atoms with Gasteiger partial charge in [0.05, 0.1) is 13.2 Å². The number of nitrogens with one attached hydrogen (secondary N) is 1. The van der Waals surface area contributed by atoms with Crippen LogP contribution in [0.1, 0.15) is 50.0 Å². The minimum absolute atomic E-state index is 0.0488. The van der Waals surface area contributed by atoms with Gasteiger partial charge in [0.1, 0.15) is 17.1 Å². The van der Waals surface area contributed by atoms with Crippen LogP contribution in [0.4, 0.5) is 0 Å². The number of nitrogens with zero attached hydrogens (tertiary/aromatic N) is 2. The van der Waals surface area contributed by atoms with E-state index in [0.717, 1.165) is 28.0 Å². The zero-order chi connectivity index (χ0) is 18.7. The van der Waals surface area contributed by atoms with Crippen LogP contribution in [0.3, 0.4) is 0 Å². The van der Waals surface area contributed by atoms with Crippen LogP contribution < -0.4 is 10.1 Å². The molecule has 1 aromatic carbocycles. The Morgan fingerprint density at radius 3 is 2.85 bits per heavy atom. The summed E-state index contributed by atoms with van der Waals surface area (Å²) >= 11 is 0. The Morgan fingerprint density at radius 2 is 2.19 bits per heavy atom. The Hall–Kier alpha value is -2.81. The molecule has 0 radical (unpaired) electrons. The highest BCUT2D eigenvalue weighted by molar-refractivity contribution is 5.84. The summed E-state index contributed by atoms with van der Waals surface area (Å²) in [5, 5.41) is 12.1. The molecule has 0 aliphatic carbocycles. The van der Waals surface area contributed by atoms with Gasteiger partial charge in [-0.2, -0.15) is 10.2 Å². The first-order valence-corrected chi connectivity index (χ1v) is 8.72. The van der Waals surface area contributed by atoms with E-state index in [2.05, 4.69) is 21.5 Å². The van der Waals surface area contributed by atoms with Gasteiger partial charge in [0.15, 0.2) is 5.66 Å². The predicted molar refractivity (Wildman–Crippen MR) is 98.9 cm³/mol. The molecule has 136 valence electrons. The zero-order valence-corrected chi connectivity index (χ0v) is 15.3. The van der Waals surface area contributed by atoms with E-state index in [-0.39, 0.29) is 11.9 Å². The highest BCUT2D eigenvalue weighted by Gasteiger charge is 2.39. The van der Waals surface area contributed by atoms with Gasteiger partial charge >= 0.3 is 0 Å². The van der Waals surface area contributed by atoms with Crippen molar-refractivity contribution in [2.24, 2.45) is 10.2 Å².